The number of anilines is 3. The van der Waals surface area contributed by atoms with Gasteiger partial charge in [0.05, 0.1) is 16.9 Å². The van der Waals surface area contributed by atoms with Crippen molar-refractivity contribution in [1.29, 1.82) is 0 Å². The van der Waals surface area contributed by atoms with Crippen molar-refractivity contribution in [2.75, 3.05) is 23.4 Å². The van der Waals surface area contributed by atoms with Crippen LogP contribution in [0.15, 0.2) is 66.9 Å². The fourth-order valence-electron chi connectivity index (χ4n) is 5.52. The van der Waals surface area contributed by atoms with E-state index in [4.69, 9.17) is 11.6 Å². The van der Waals surface area contributed by atoms with Crippen LogP contribution >= 0.6 is 11.6 Å². The number of para-hydroxylation sites is 1. The number of amides is 2. The predicted molar refractivity (Wildman–Crippen MR) is 154 cm³/mol. The molecule has 2 N–H and O–H groups in total. The van der Waals surface area contributed by atoms with Crippen LogP contribution in [0.2, 0.25) is 5.02 Å². The van der Waals surface area contributed by atoms with Gasteiger partial charge in [0.2, 0.25) is 0 Å². The normalized spacial score (nSPS) is 17.2. The van der Waals surface area contributed by atoms with Gasteiger partial charge in [-0.3, -0.25) is 9.80 Å². The summed E-state index contributed by atoms with van der Waals surface area (Å²) >= 11 is 6.25. The molecule has 206 valence electrons. The standard InChI is InChI=1S/C30H30ClFN6O2/c1-35(28-24(31)4-3-5-25(28)32)23-10-6-19(7-11-23)16-37-17-21-9-8-20(14-22(21)18-37)29-33-15-27(36(29)2)38-13-12-26(39)34-30(38)40/h3-11,14-15,26,39H,12-13,16-18H2,1-2H3,(H,34,40). The first-order chi connectivity index (χ1) is 19.3. The molecule has 3 aromatic carbocycles. The number of halogens is 2. The minimum absolute atomic E-state index is 0.325. The Morgan fingerprint density at radius 1 is 1.12 bits per heavy atom. The third-order valence-corrected chi connectivity index (χ3v) is 7.96. The molecule has 1 fully saturated rings. The molecule has 2 aliphatic rings. The Bertz CT molecular complexity index is 1550. The first-order valence-corrected chi connectivity index (χ1v) is 13.6. The van der Waals surface area contributed by atoms with Gasteiger partial charge < -0.3 is 19.9 Å². The molecular weight excluding hydrogens is 531 g/mol. The monoisotopic (exact) mass is 560 g/mol. The Morgan fingerprint density at radius 2 is 1.90 bits per heavy atom. The number of aliphatic hydroxyl groups is 1. The van der Waals surface area contributed by atoms with E-state index in [0.717, 1.165) is 36.7 Å². The largest absolute Gasteiger partial charge is 0.374 e. The Balaban J connectivity index is 1.13. The van der Waals surface area contributed by atoms with Gasteiger partial charge in [0.15, 0.2) is 0 Å². The van der Waals surface area contributed by atoms with Crippen molar-refractivity contribution in [2.24, 2.45) is 7.05 Å². The van der Waals surface area contributed by atoms with E-state index < -0.39 is 6.23 Å². The van der Waals surface area contributed by atoms with E-state index >= 15 is 0 Å². The van der Waals surface area contributed by atoms with Crippen molar-refractivity contribution in [1.82, 2.24) is 19.8 Å². The summed E-state index contributed by atoms with van der Waals surface area (Å²) < 4.78 is 16.3. The van der Waals surface area contributed by atoms with Gasteiger partial charge in [0.1, 0.15) is 23.7 Å². The first-order valence-electron chi connectivity index (χ1n) is 13.2. The molecule has 1 atom stereocenters. The second kappa shape index (κ2) is 10.6. The topological polar surface area (TPSA) is 76.9 Å². The van der Waals surface area contributed by atoms with Crippen LogP contribution in [0.4, 0.5) is 26.4 Å². The quantitative estimate of drug-likeness (QED) is 0.330. The lowest BCUT2D eigenvalue weighted by Gasteiger charge is -2.30. The number of rotatable bonds is 6. The molecule has 10 heteroatoms. The fourth-order valence-corrected chi connectivity index (χ4v) is 5.81. The molecule has 1 aromatic heterocycles. The summed E-state index contributed by atoms with van der Waals surface area (Å²) in [6.45, 7) is 2.89. The molecule has 2 aliphatic heterocycles. The lowest BCUT2D eigenvalue weighted by molar-refractivity contribution is 0.125. The highest BCUT2D eigenvalue weighted by Gasteiger charge is 2.28. The molecule has 1 saturated heterocycles. The zero-order valence-corrected chi connectivity index (χ0v) is 23.1. The van der Waals surface area contributed by atoms with Crippen LogP contribution in [0.3, 0.4) is 0 Å². The summed E-state index contributed by atoms with van der Waals surface area (Å²) in [5.74, 6) is 1.12. The molecule has 0 saturated carbocycles. The predicted octanol–water partition coefficient (Wildman–Crippen LogP) is 5.40. The van der Waals surface area contributed by atoms with Crippen LogP contribution in [-0.4, -0.2) is 45.4 Å². The van der Waals surface area contributed by atoms with Crippen LogP contribution in [0.5, 0.6) is 0 Å². The van der Waals surface area contributed by atoms with E-state index in [1.807, 2.05) is 30.8 Å². The Hall–Kier alpha value is -3.92. The highest BCUT2D eigenvalue weighted by atomic mass is 35.5. The molecule has 0 radical (unpaired) electrons. The summed E-state index contributed by atoms with van der Waals surface area (Å²) in [6.07, 6.45) is 1.35. The summed E-state index contributed by atoms with van der Waals surface area (Å²) in [5, 5.41) is 12.6. The summed E-state index contributed by atoms with van der Waals surface area (Å²) in [4.78, 5) is 22.7. The van der Waals surface area contributed by atoms with E-state index in [2.05, 4.69) is 45.5 Å². The van der Waals surface area contributed by atoms with Crippen LogP contribution in [-0.2, 0) is 26.7 Å². The van der Waals surface area contributed by atoms with Crippen molar-refractivity contribution in [3.8, 4) is 11.4 Å². The number of carbonyl (C=O) groups is 1. The Kier molecular flexibility index (Phi) is 6.95. The SMILES string of the molecule is CN(c1ccc(CN2Cc3ccc(-c4ncc(N5CCC(O)NC5=O)n4C)cc3C2)cc1)c1c(F)cccc1Cl. The second-order valence-electron chi connectivity index (χ2n) is 10.3. The van der Waals surface area contributed by atoms with Crippen LogP contribution in [0, 0.1) is 5.82 Å². The lowest BCUT2D eigenvalue weighted by Crippen LogP contribution is -2.52. The molecule has 8 nitrogen and oxygen atoms in total. The molecule has 4 aromatic rings. The van der Waals surface area contributed by atoms with Gasteiger partial charge >= 0.3 is 6.03 Å². The van der Waals surface area contributed by atoms with Crippen molar-refractivity contribution >= 4 is 34.8 Å². The number of benzene rings is 3. The summed E-state index contributed by atoms with van der Waals surface area (Å²) in [5.41, 5.74) is 5.92. The number of imidazole rings is 1. The molecule has 0 aliphatic carbocycles. The molecule has 3 heterocycles. The van der Waals surface area contributed by atoms with Gasteiger partial charge in [-0.1, -0.05) is 41.9 Å². The highest BCUT2D eigenvalue weighted by Crippen LogP contribution is 2.34. The second-order valence-corrected chi connectivity index (χ2v) is 10.7. The summed E-state index contributed by atoms with van der Waals surface area (Å²) in [6, 6.07) is 18.9. The maximum atomic E-state index is 14.4. The molecule has 6 rings (SSSR count). The minimum atomic E-state index is -0.812. The molecule has 1 unspecified atom stereocenters. The van der Waals surface area contributed by atoms with E-state index in [1.165, 1.54) is 22.8 Å². The smallest absolute Gasteiger partial charge is 0.325 e. The number of aromatic nitrogens is 2. The number of carbonyl (C=O) groups excluding carboxylic acids is 1. The lowest BCUT2D eigenvalue weighted by atomic mass is 10.1. The van der Waals surface area contributed by atoms with Gasteiger partial charge in [-0.25, -0.2) is 14.2 Å². The van der Waals surface area contributed by atoms with Crippen molar-refractivity contribution in [3.63, 3.8) is 0 Å². The van der Waals surface area contributed by atoms with E-state index in [1.54, 1.807) is 28.1 Å². The maximum Gasteiger partial charge on any atom is 0.325 e. The van der Waals surface area contributed by atoms with Crippen LogP contribution < -0.4 is 15.1 Å². The van der Waals surface area contributed by atoms with Gasteiger partial charge in [-0.05, 0) is 47.0 Å². The number of fused-ring (bicyclic) bond motifs is 1. The number of urea groups is 1. The third-order valence-electron chi connectivity index (χ3n) is 7.66. The van der Waals surface area contributed by atoms with Gasteiger partial charge in [0, 0.05) is 57.9 Å². The number of hydrogen-bond donors (Lipinski definition) is 2. The summed E-state index contributed by atoms with van der Waals surface area (Å²) in [7, 11) is 3.71. The fraction of sp³-hybridized carbons (Fsp3) is 0.267. The Labute approximate surface area is 237 Å². The van der Waals surface area contributed by atoms with E-state index in [-0.39, 0.29) is 11.8 Å². The van der Waals surface area contributed by atoms with E-state index in [9.17, 15) is 14.3 Å². The molecule has 2 amide bonds. The number of nitrogens with one attached hydrogen (secondary N) is 1. The van der Waals surface area contributed by atoms with Crippen LogP contribution in [0.1, 0.15) is 23.1 Å². The van der Waals surface area contributed by atoms with Crippen molar-refractivity contribution in [2.45, 2.75) is 32.3 Å². The van der Waals surface area contributed by atoms with Crippen LogP contribution in [0.25, 0.3) is 11.4 Å². The average Bonchev–Trinajstić information content (AvgIpc) is 3.51. The molecular formula is C30H30ClFN6O2. The highest BCUT2D eigenvalue weighted by molar-refractivity contribution is 6.33. The maximum absolute atomic E-state index is 14.4. The Morgan fingerprint density at radius 3 is 2.65 bits per heavy atom. The third kappa shape index (κ3) is 4.92. The molecule has 0 spiro atoms. The molecule has 0 bridgehead atoms. The molecule has 40 heavy (non-hydrogen) atoms. The zero-order chi connectivity index (χ0) is 28.0. The number of aliphatic hydroxyl groups excluding tert-OH is 1. The van der Waals surface area contributed by atoms with Crippen molar-refractivity contribution in [3.05, 3.63) is 94.4 Å². The van der Waals surface area contributed by atoms with Gasteiger partial charge in [-0.15, -0.1) is 0 Å². The first kappa shape index (κ1) is 26.3. The average molecular weight is 561 g/mol. The van der Waals surface area contributed by atoms with E-state index in [0.29, 0.717) is 29.5 Å². The van der Waals surface area contributed by atoms with Gasteiger partial charge in [-0.2, -0.15) is 0 Å². The van der Waals surface area contributed by atoms with Crippen molar-refractivity contribution < 1.29 is 14.3 Å². The van der Waals surface area contributed by atoms with Gasteiger partial charge in [0.25, 0.3) is 0 Å². The number of hydrogen-bond acceptors (Lipinski definition) is 5. The number of nitrogens with zero attached hydrogens (tertiary/aromatic N) is 5. The minimum Gasteiger partial charge on any atom is -0.374 e. The zero-order valence-electron chi connectivity index (χ0n) is 22.3.